The molecule has 0 saturated carbocycles. The molecule has 0 bridgehead atoms. The molecule has 2 aromatic rings. The lowest BCUT2D eigenvalue weighted by Gasteiger charge is -2.14. The number of hydrogen-bond donors (Lipinski definition) is 2. The van der Waals surface area contributed by atoms with Gasteiger partial charge in [0.1, 0.15) is 26.5 Å². The molecule has 0 fully saturated rings. The van der Waals surface area contributed by atoms with Crippen molar-refractivity contribution in [2.24, 2.45) is 0 Å². The van der Waals surface area contributed by atoms with E-state index in [1.165, 1.54) is 4.68 Å². The van der Waals surface area contributed by atoms with Crippen LogP contribution in [0.4, 0.5) is 5.82 Å². The van der Waals surface area contributed by atoms with E-state index in [-0.39, 0.29) is 4.90 Å². The third-order valence-electron chi connectivity index (χ3n) is 3.14. The van der Waals surface area contributed by atoms with Gasteiger partial charge >= 0.3 is 0 Å². The molecule has 132 valence electrons. The number of benzene rings is 1. The molecule has 0 spiro atoms. The van der Waals surface area contributed by atoms with Gasteiger partial charge in [-0.05, 0) is 47.8 Å². The Balaban J connectivity index is 0.000000243. The minimum Gasteiger partial charge on any atom is -0.744 e. The Morgan fingerprint density at radius 1 is 1.17 bits per heavy atom. The Hall–Kier alpha value is -1.84. The fraction of sp³-hybridized carbons (Fsp3) is 0.267. The largest absolute Gasteiger partial charge is 0.744 e. The molecule has 9 heteroatoms. The first-order chi connectivity index (χ1) is 11.0. The summed E-state index contributed by atoms with van der Waals surface area (Å²) in [7, 11) is -2.76. The third kappa shape index (κ3) is 5.08. The van der Waals surface area contributed by atoms with Crippen LogP contribution in [0.15, 0.2) is 33.8 Å². The topological polar surface area (TPSA) is 122 Å². The Morgan fingerprint density at radius 2 is 1.67 bits per heavy atom. The Kier molecular flexibility index (Phi) is 6.58. The number of aromatic nitrogens is 1. The molecule has 0 saturated heterocycles. The van der Waals surface area contributed by atoms with E-state index < -0.39 is 10.1 Å². The van der Waals surface area contributed by atoms with Crippen molar-refractivity contribution >= 4 is 31.9 Å². The molecule has 7 nitrogen and oxygen atoms in total. The lowest BCUT2D eigenvalue weighted by Crippen LogP contribution is -2.46. The van der Waals surface area contributed by atoms with Gasteiger partial charge in [0.2, 0.25) is 0 Å². The van der Waals surface area contributed by atoms with Gasteiger partial charge in [-0.15, -0.1) is 4.68 Å². The van der Waals surface area contributed by atoms with Crippen LogP contribution in [-0.4, -0.2) is 20.1 Å². The first kappa shape index (κ1) is 20.2. The fourth-order valence-corrected chi connectivity index (χ4v) is 3.66. The van der Waals surface area contributed by atoms with Crippen LogP contribution in [0.25, 0.3) is 0 Å². The zero-order valence-corrected chi connectivity index (χ0v) is 16.2. The molecular formula is C15H20BrN3O4S. The first-order valence-corrected chi connectivity index (χ1v) is 9.01. The van der Waals surface area contributed by atoms with E-state index in [9.17, 15) is 13.0 Å². The van der Waals surface area contributed by atoms with E-state index in [0.717, 1.165) is 10.0 Å². The number of nitrogen functional groups attached to an aromatic ring is 2. The highest BCUT2D eigenvalue weighted by Gasteiger charge is 2.09. The van der Waals surface area contributed by atoms with Crippen molar-refractivity contribution in [2.75, 3.05) is 18.7 Å². The molecule has 0 radical (unpaired) electrons. The third-order valence-corrected chi connectivity index (χ3v) is 4.88. The summed E-state index contributed by atoms with van der Waals surface area (Å²) < 4.78 is 39.6. The highest BCUT2D eigenvalue weighted by atomic mass is 79.9. The summed E-state index contributed by atoms with van der Waals surface area (Å²) in [6.07, 6.45) is 1.63. The predicted octanol–water partition coefficient (Wildman–Crippen LogP) is 1.56. The van der Waals surface area contributed by atoms with Crippen LogP contribution >= 0.6 is 15.9 Å². The monoisotopic (exact) mass is 417 g/mol. The summed E-state index contributed by atoms with van der Waals surface area (Å²) >= 11 is 3.26. The second kappa shape index (κ2) is 7.82. The summed E-state index contributed by atoms with van der Waals surface area (Å²) in [5.41, 5.74) is 7.50. The molecule has 0 atom stereocenters. The lowest BCUT2D eigenvalue weighted by molar-refractivity contribution is -0.624. The maximum absolute atomic E-state index is 10.8. The number of nitrogens with two attached hydrogens (primary N) is 2. The standard InChI is InChI=1S/C9H12O3S.C6H8BrN3O/c1-6-4-7(2)9(8(3)5-6)13(10,11)12;1-11-5-2-6(8)10(9)3-4(5)7/h4-5H,1-3H3,(H,10,11,12);2-3,8H,9H2,1H3. The van der Waals surface area contributed by atoms with Crippen LogP contribution in [0.3, 0.4) is 0 Å². The average Bonchev–Trinajstić information content (AvgIpc) is 2.40. The van der Waals surface area contributed by atoms with Gasteiger partial charge in [0.15, 0.2) is 0 Å². The summed E-state index contributed by atoms with van der Waals surface area (Å²) in [5, 5.41) is 0. The number of pyridine rings is 1. The van der Waals surface area contributed by atoms with Crippen molar-refractivity contribution in [3.63, 3.8) is 0 Å². The number of ether oxygens (including phenoxy) is 1. The van der Waals surface area contributed by atoms with Crippen molar-refractivity contribution in [1.82, 2.24) is 0 Å². The zero-order chi connectivity index (χ0) is 18.7. The molecule has 4 N–H and O–H groups in total. The predicted molar refractivity (Wildman–Crippen MR) is 94.1 cm³/mol. The van der Waals surface area contributed by atoms with Crippen LogP contribution < -0.4 is 21.0 Å². The van der Waals surface area contributed by atoms with E-state index in [1.807, 2.05) is 6.92 Å². The molecule has 0 unspecified atom stereocenters. The Bertz CT molecular complexity index is 831. The fourth-order valence-electron chi connectivity index (χ4n) is 2.26. The average molecular weight is 418 g/mol. The molecule has 24 heavy (non-hydrogen) atoms. The van der Waals surface area contributed by atoms with Crippen molar-refractivity contribution in [3.05, 3.63) is 45.6 Å². The van der Waals surface area contributed by atoms with Gasteiger partial charge in [-0.25, -0.2) is 8.42 Å². The van der Waals surface area contributed by atoms with Crippen molar-refractivity contribution in [3.8, 4) is 5.75 Å². The molecule has 1 heterocycles. The maximum atomic E-state index is 10.8. The van der Waals surface area contributed by atoms with Crippen molar-refractivity contribution in [2.45, 2.75) is 25.7 Å². The van der Waals surface area contributed by atoms with Gasteiger partial charge in [-0.2, -0.15) is 0 Å². The second-order valence-corrected chi connectivity index (χ2v) is 7.37. The van der Waals surface area contributed by atoms with E-state index in [4.69, 9.17) is 16.3 Å². The van der Waals surface area contributed by atoms with Gasteiger partial charge in [0.05, 0.1) is 18.1 Å². The van der Waals surface area contributed by atoms with Gasteiger partial charge in [-0.3, -0.25) is 11.6 Å². The summed E-state index contributed by atoms with van der Waals surface area (Å²) in [6, 6.07) is 5.03. The molecule has 1 aromatic heterocycles. The summed E-state index contributed by atoms with van der Waals surface area (Å²) in [4.78, 5) is -0.0851. The molecule has 2 rings (SSSR count). The Morgan fingerprint density at radius 3 is 2.08 bits per heavy atom. The van der Waals surface area contributed by atoms with Crippen LogP contribution in [0.1, 0.15) is 16.7 Å². The van der Waals surface area contributed by atoms with E-state index in [2.05, 4.69) is 15.9 Å². The maximum Gasteiger partial charge on any atom is 0.299 e. The number of aryl methyl sites for hydroxylation is 3. The van der Waals surface area contributed by atoms with Gasteiger partial charge < -0.3 is 9.29 Å². The SMILES string of the molecule is COc1cc(N)[n+](N)cc1Br.Cc1cc(C)c(S(=O)(=O)[O-])c(C)c1. The van der Waals surface area contributed by atoms with E-state index in [1.54, 1.807) is 45.4 Å². The minimum absolute atomic E-state index is 0.0851. The minimum atomic E-state index is -4.33. The number of rotatable bonds is 2. The number of halogens is 1. The van der Waals surface area contributed by atoms with Crippen LogP contribution in [-0.2, 0) is 10.1 Å². The Labute approximate surface area is 150 Å². The molecule has 0 amide bonds. The van der Waals surface area contributed by atoms with Crippen molar-refractivity contribution in [1.29, 1.82) is 0 Å². The molecule has 0 aliphatic heterocycles. The van der Waals surface area contributed by atoms with Crippen LogP contribution in [0, 0.1) is 20.8 Å². The number of methoxy groups -OCH3 is 1. The molecular weight excluding hydrogens is 398 g/mol. The van der Waals surface area contributed by atoms with Crippen LogP contribution in [0.5, 0.6) is 5.75 Å². The smallest absolute Gasteiger partial charge is 0.299 e. The summed E-state index contributed by atoms with van der Waals surface area (Å²) in [5.74, 6) is 6.57. The van der Waals surface area contributed by atoms with E-state index >= 15 is 0 Å². The highest BCUT2D eigenvalue weighted by Crippen LogP contribution is 2.23. The number of nitrogens with zero attached hydrogens (tertiary/aromatic N) is 1. The lowest BCUT2D eigenvalue weighted by atomic mass is 10.1. The zero-order valence-electron chi connectivity index (χ0n) is 13.8. The van der Waals surface area contributed by atoms with Gasteiger partial charge in [0.25, 0.3) is 5.82 Å². The van der Waals surface area contributed by atoms with Gasteiger partial charge in [0, 0.05) is 0 Å². The molecule has 0 aliphatic carbocycles. The van der Waals surface area contributed by atoms with Crippen molar-refractivity contribution < 1.29 is 22.4 Å². The molecule has 0 aliphatic rings. The molecule has 1 aromatic carbocycles. The normalized spacial score (nSPS) is 10.8. The number of anilines is 1. The first-order valence-electron chi connectivity index (χ1n) is 6.80. The summed E-state index contributed by atoms with van der Waals surface area (Å²) in [6.45, 7) is 5.12. The quantitative estimate of drug-likeness (QED) is 0.434. The van der Waals surface area contributed by atoms with E-state index in [0.29, 0.717) is 22.7 Å². The van der Waals surface area contributed by atoms with Gasteiger partial charge in [-0.1, -0.05) is 17.7 Å². The second-order valence-electron chi connectivity index (χ2n) is 5.20. The van der Waals surface area contributed by atoms with Crippen LogP contribution in [0.2, 0.25) is 0 Å². The highest BCUT2D eigenvalue weighted by molar-refractivity contribution is 9.10. The number of hydrogen-bond acceptors (Lipinski definition) is 6.